The van der Waals surface area contributed by atoms with Crippen molar-refractivity contribution in [1.29, 1.82) is 0 Å². The summed E-state index contributed by atoms with van der Waals surface area (Å²) < 4.78 is 0. The van der Waals surface area contributed by atoms with Gasteiger partial charge in [0, 0.05) is 33.9 Å². The molecular formula is C42H32N2. The van der Waals surface area contributed by atoms with Gasteiger partial charge in [0.25, 0.3) is 0 Å². The maximum absolute atomic E-state index is 2.35. The zero-order valence-electron chi connectivity index (χ0n) is 24.4. The molecular weight excluding hydrogens is 532 g/mol. The van der Waals surface area contributed by atoms with Crippen LogP contribution in [-0.4, -0.2) is 0 Å². The zero-order chi connectivity index (χ0) is 29.6. The van der Waals surface area contributed by atoms with Gasteiger partial charge in [-0.05, 0) is 71.8 Å². The first-order valence-electron chi connectivity index (χ1n) is 15.0. The molecule has 0 bridgehead atoms. The molecule has 0 N–H and O–H groups in total. The second kappa shape index (κ2) is 12.6. The highest BCUT2D eigenvalue weighted by atomic mass is 15.1. The van der Waals surface area contributed by atoms with E-state index < -0.39 is 0 Å². The Bertz CT molecular complexity index is 1730. The van der Waals surface area contributed by atoms with Crippen LogP contribution in [0.15, 0.2) is 194 Å². The van der Waals surface area contributed by atoms with Gasteiger partial charge < -0.3 is 9.80 Å². The van der Waals surface area contributed by atoms with E-state index in [0.717, 1.165) is 45.3 Å². The minimum Gasteiger partial charge on any atom is -0.310 e. The molecule has 44 heavy (non-hydrogen) atoms. The molecule has 0 aliphatic rings. The van der Waals surface area contributed by atoms with Gasteiger partial charge in [0.1, 0.15) is 0 Å². The molecule has 7 aromatic rings. The van der Waals surface area contributed by atoms with Gasteiger partial charge in [-0.1, -0.05) is 133 Å². The molecule has 0 saturated heterocycles. The Hall–Kier alpha value is -5.86. The summed E-state index contributed by atoms with van der Waals surface area (Å²) in [6, 6.07) is 68.6. The van der Waals surface area contributed by atoms with Crippen molar-refractivity contribution in [3.05, 3.63) is 194 Å². The second-order valence-corrected chi connectivity index (χ2v) is 10.6. The van der Waals surface area contributed by atoms with Crippen molar-refractivity contribution >= 4 is 34.1 Å². The van der Waals surface area contributed by atoms with Crippen LogP contribution in [0.5, 0.6) is 0 Å². The van der Waals surface area contributed by atoms with Crippen molar-refractivity contribution in [2.75, 3.05) is 9.80 Å². The van der Waals surface area contributed by atoms with Crippen LogP contribution in [0.2, 0.25) is 0 Å². The Morgan fingerprint density at radius 2 is 0.432 bits per heavy atom. The molecule has 0 radical (unpaired) electrons. The largest absolute Gasteiger partial charge is 0.310 e. The van der Waals surface area contributed by atoms with E-state index in [-0.39, 0.29) is 0 Å². The quantitative estimate of drug-likeness (QED) is 0.181. The standard InChI is InChI=1S/C42H32N2/c1-5-19-33(20-6-1)43(34-21-7-2-8-22-34)41-31-17-15-29-39(41)37-27-13-14-28-38(37)40-30-16-18-32-42(40)44(35-23-9-3-10-24-35)36-25-11-4-12-26-36/h1-32H. The fourth-order valence-corrected chi connectivity index (χ4v) is 5.91. The molecule has 0 atom stereocenters. The maximum Gasteiger partial charge on any atom is 0.0540 e. The van der Waals surface area contributed by atoms with Crippen molar-refractivity contribution in [2.24, 2.45) is 0 Å². The lowest BCUT2D eigenvalue weighted by molar-refractivity contribution is 1.28. The first kappa shape index (κ1) is 27.0. The number of benzene rings is 7. The van der Waals surface area contributed by atoms with E-state index in [4.69, 9.17) is 0 Å². The van der Waals surface area contributed by atoms with Crippen molar-refractivity contribution in [2.45, 2.75) is 0 Å². The predicted octanol–water partition coefficient (Wildman–Crippen LogP) is 12.0. The minimum absolute atomic E-state index is 1.11. The van der Waals surface area contributed by atoms with E-state index in [9.17, 15) is 0 Å². The van der Waals surface area contributed by atoms with Crippen LogP contribution in [0.1, 0.15) is 0 Å². The number of para-hydroxylation sites is 6. The van der Waals surface area contributed by atoms with Gasteiger partial charge in [0.05, 0.1) is 11.4 Å². The molecule has 0 spiro atoms. The minimum atomic E-state index is 1.11. The summed E-state index contributed by atoms with van der Waals surface area (Å²) in [5.74, 6) is 0. The van der Waals surface area contributed by atoms with E-state index in [1.54, 1.807) is 0 Å². The van der Waals surface area contributed by atoms with E-state index in [0.29, 0.717) is 0 Å². The van der Waals surface area contributed by atoms with Gasteiger partial charge in [0.15, 0.2) is 0 Å². The SMILES string of the molecule is c1ccc(N(c2ccccc2)c2ccccc2-c2ccccc2-c2ccccc2N(c2ccccc2)c2ccccc2)cc1. The number of hydrogen-bond donors (Lipinski definition) is 0. The molecule has 0 heterocycles. The summed E-state index contributed by atoms with van der Waals surface area (Å²) in [6.45, 7) is 0. The van der Waals surface area contributed by atoms with E-state index in [2.05, 4.69) is 204 Å². The Morgan fingerprint density at radius 3 is 0.727 bits per heavy atom. The van der Waals surface area contributed by atoms with Crippen LogP contribution in [0.3, 0.4) is 0 Å². The third kappa shape index (κ3) is 5.37. The van der Waals surface area contributed by atoms with Gasteiger partial charge >= 0.3 is 0 Å². The molecule has 0 unspecified atom stereocenters. The predicted molar refractivity (Wildman–Crippen MR) is 187 cm³/mol. The monoisotopic (exact) mass is 564 g/mol. The third-order valence-corrected chi connectivity index (χ3v) is 7.85. The van der Waals surface area contributed by atoms with Crippen LogP contribution >= 0.6 is 0 Å². The molecule has 7 rings (SSSR count). The van der Waals surface area contributed by atoms with E-state index in [1.165, 1.54) is 11.1 Å². The molecule has 210 valence electrons. The second-order valence-electron chi connectivity index (χ2n) is 10.6. The molecule has 0 saturated carbocycles. The zero-order valence-corrected chi connectivity index (χ0v) is 24.4. The summed E-state index contributed by atoms with van der Waals surface area (Å²) in [5, 5.41) is 0. The van der Waals surface area contributed by atoms with Crippen LogP contribution in [0.4, 0.5) is 34.1 Å². The van der Waals surface area contributed by atoms with Gasteiger partial charge in [0.2, 0.25) is 0 Å². The van der Waals surface area contributed by atoms with Gasteiger partial charge in [-0.25, -0.2) is 0 Å². The fourth-order valence-electron chi connectivity index (χ4n) is 5.91. The van der Waals surface area contributed by atoms with Gasteiger partial charge in [-0.15, -0.1) is 0 Å². The molecule has 7 aromatic carbocycles. The first-order chi connectivity index (χ1) is 21.9. The highest BCUT2D eigenvalue weighted by molar-refractivity contribution is 5.98. The number of anilines is 6. The molecule has 0 amide bonds. The van der Waals surface area contributed by atoms with Crippen LogP contribution in [0, 0.1) is 0 Å². The van der Waals surface area contributed by atoms with E-state index >= 15 is 0 Å². The molecule has 2 heteroatoms. The lowest BCUT2D eigenvalue weighted by Crippen LogP contribution is -2.12. The summed E-state index contributed by atoms with van der Waals surface area (Å²) in [6.07, 6.45) is 0. The highest BCUT2D eigenvalue weighted by Crippen LogP contribution is 2.46. The van der Waals surface area contributed by atoms with Crippen LogP contribution in [-0.2, 0) is 0 Å². The number of rotatable bonds is 8. The summed E-state index contributed by atoms with van der Waals surface area (Å²) >= 11 is 0. The normalized spacial score (nSPS) is 10.7. The summed E-state index contributed by atoms with van der Waals surface area (Å²) in [5.41, 5.74) is 11.4. The van der Waals surface area contributed by atoms with Gasteiger partial charge in [-0.3, -0.25) is 0 Å². The van der Waals surface area contributed by atoms with Crippen molar-refractivity contribution < 1.29 is 0 Å². The van der Waals surface area contributed by atoms with Crippen molar-refractivity contribution in [1.82, 2.24) is 0 Å². The Kier molecular flexibility index (Phi) is 7.71. The van der Waals surface area contributed by atoms with Crippen molar-refractivity contribution in [3.63, 3.8) is 0 Å². The average molecular weight is 565 g/mol. The Labute approximate surface area is 259 Å². The topological polar surface area (TPSA) is 6.48 Å². The first-order valence-corrected chi connectivity index (χ1v) is 15.0. The van der Waals surface area contributed by atoms with E-state index in [1.807, 2.05) is 0 Å². The molecule has 0 aliphatic carbocycles. The average Bonchev–Trinajstić information content (AvgIpc) is 3.11. The maximum atomic E-state index is 2.35. The summed E-state index contributed by atoms with van der Waals surface area (Å²) in [7, 11) is 0. The van der Waals surface area contributed by atoms with Gasteiger partial charge in [-0.2, -0.15) is 0 Å². The number of nitrogens with zero attached hydrogens (tertiary/aromatic N) is 2. The third-order valence-electron chi connectivity index (χ3n) is 7.85. The summed E-state index contributed by atoms with van der Waals surface area (Å²) in [4.78, 5) is 4.69. The molecule has 0 aromatic heterocycles. The van der Waals surface area contributed by atoms with Crippen molar-refractivity contribution in [3.8, 4) is 22.3 Å². The number of hydrogen-bond acceptors (Lipinski definition) is 2. The molecule has 0 fully saturated rings. The lowest BCUT2D eigenvalue weighted by Gasteiger charge is -2.30. The highest BCUT2D eigenvalue weighted by Gasteiger charge is 2.21. The Balaban J connectivity index is 1.43. The smallest absolute Gasteiger partial charge is 0.0540 e. The molecule has 0 aliphatic heterocycles. The lowest BCUT2D eigenvalue weighted by atomic mass is 9.91. The van der Waals surface area contributed by atoms with Crippen LogP contribution < -0.4 is 9.80 Å². The van der Waals surface area contributed by atoms with Crippen LogP contribution in [0.25, 0.3) is 22.3 Å². The Morgan fingerprint density at radius 1 is 0.205 bits per heavy atom. The molecule has 2 nitrogen and oxygen atoms in total. The fraction of sp³-hybridized carbons (Fsp3) is 0.